The van der Waals surface area contributed by atoms with E-state index in [2.05, 4.69) is 31.1 Å². The molecular weight excluding hydrogens is 204 g/mol. The molecule has 0 saturated carbocycles. The molecule has 4 heteroatoms. The summed E-state index contributed by atoms with van der Waals surface area (Å²) in [6.45, 7) is 7.14. The second kappa shape index (κ2) is 5.49. The van der Waals surface area contributed by atoms with Crippen LogP contribution in [0.25, 0.3) is 0 Å². The number of pyridine rings is 1. The van der Waals surface area contributed by atoms with E-state index >= 15 is 0 Å². The fourth-order valence-electron chi connectivity index (χ4n) is 1.21. The fourth-order valence-corrected chi connectivity index (χ4v) is 1.21. The number of anilines is 1. The van der Waals surface area contributed by atoms with Gasteiger partial charge in [0.05, 0.1) is 0 Å². The van der Waals surface area contributed by atoms with Gasteiger partial charge in [-0.15, -0.1) is 0 Å². The lowest BCUT2D eigenvalue weighted by atomic mass is 9.98. The summed E-state index contributed by atoms with van der Waals surface area (Å²) in [4.78, 5) is 15.0. The number of rotatable bonds is 5. The molecular formula is C12H18N2O2. The SMILES string of the molecule is CC(C)C(C)CNc1ncccc1C(=O)O. The van der Waals surface area contributed by atoms with Crippen LogP contribution in [0.2, 0.25) is 0 Å². The number of carboxylic acids is 1. The Hall–Kier alpha value is -1.58. The van der Waals surface area contributed by atoms with E-state index in [4.69, 9.17) is 5.11 Å². The molecule has 2 N–H and O–H groups in total. The highest BCUT2D eigenvalue weighted by atomic mass is 16.4. The van der Waals surface area contributed by atoms with Crippen LogP contribution in [0.5, 0.6) is 0 Å². The molecule has 0 spiro atoms. The van der Waals surface area contributed by atoms with Crippen molar-refractivity contribution < 1.29 is 9.90 Å². The van der Waals surface area contributed by atoms with Gasteiger partial charge in [-0.05, 0) is 24.0 Å². The van der Waals surface area contributed by atoms with Crippen molar-refractivity contribution in [2.24, 2.45) is 11.8 Å². The third-order valence-electron chi connectivity index (χ3n) is 2.77. The van der Waals surface area contributed by atoms with Gasteiger partial charge < -0.3 is 10.4 Å². The first kappa shape index (κ1) is 12.5. The van der Waals surface area contributed by atoms with E-state index in [0.717, 1.165) is 6.54 Å². The molecule has 0 saturated heterocycles. The molecule has 1 heterocycles. The third-order valence-corrected chi connectivity index (χ3v) is 2.77. The lowest BCUT2D eigenvalue weighted by molar-refractivity contribution is 0.0697. The zero-order valence-electron chi connectivity index (χ0n) is 9.90. The summed E-state index contributed by atoms with van der Waals surface area (Å²) in [7, 11) is 0. The first-order chi connectivity index (χ1) is 7.52. The number of hydrogen-bond acceptors (Lipinski definition) is 3. The minimum atomic E-state index is -0.951. The van der Waals surface area contributed by atoms with Gasteiger partial charge >= 0.3 is 5.97 Å². The molecule has 0 bridgehead atoms. The zero-order valence-corrected chi connectivity index (χ0v) is 9.90. The van der Waals surface area contributed by atoms with Crippen molar-refractivity contribution >= 4 is 11.8 Å². The van der Waals surface area contributed by atoms with E-state index in [1.807, 2.05) is 0 Å². The monoisotopic (exact) mass is 222 g/mol. The Labute approximate surface area is 95.7 Å². The number of aromatic nitrogens is 1. The lowest BCUT2D eigenvalue weighted by Crippen LogP contribution is -2.18. The molecule has 0 aliphatic rings. The largest absolute Gasteiger partial charge is 0.478 e. The molecule has 1 aromatic rings. The number of aromatic carboxylic acids is 1. The second-order valence-corrected chi connectivity index (χ2v) is 4.31. The van der Waals surface area contributed by atoms with Crippen LogP contribution >= 0.6 is 0 Å². The number of carbonyl (C=O) groups is 1. The van der Waals surface area contributed by atoms with Gasteiger partial charge in [-0.1, -0.05) is 20.8 Å². The van der Waals surface area contributed by atoms with Crippen molar-refractivity contribution in [1.82, 2.24) is 4.98 Å². The predicted molar refractivity (Wildman–Crippen MR) is 63.7 cm³/mol. The van der Waals surface area contributed by atoms with Crippen molar-refractivity contribution in [3.8, 4) is 0 Å². The summed E-state index contributed by atoms with van der Waals surface area (Å²) >= 11 is 0. The highest BCUT2D eigenvalue weighted by Gasteiger charge is 2.12. The fraction of sp³-hybridized carbons (Fsp3) is 0.500. The van der Waals surface area contributed by atoms with Gasteiger partial charge in [0.15, 0.2) is 0 Å². The maximum Gasteiger partial charge on any atom is 0.339 e. The summed E-state index contributed by atoms with van der Waals surface area (Å²) in [6, 6.07) is 3.18. The van der Waals surface area contributed by atoms with Crippen LogP contribution < -0.4 is 5.32 Å². The van der Waals surface area contributed by atoms with Gasteiger partial charge in [-0.2, -0.15) is 0 Å². The summed E-state index contributed by atoms with van der Waals surface area (Å²) < 4.78 is 0. The molecule has 1 atom stereocenters. The van der Waals surface area contributed by atoms with Crippen LogP contribution in [0.4, 0.5) is 5.82 Å². The number of hydrogen-bond donors (Lipinski definition) is 2. The summed E-state index contributed by atoms with van der Waals surface area (Å²) in [6.07, 6.45) is 1.59. The molecule has 1 rings (SSSR count). The number of carboxylic acid groups (broad SMARTS) is 1. The van der Waals surface area contributed by atoms with Gasteiger partial charge in [0, 0.05) is 12.7 Å². The van der Waals surface area contributed by atoms with Gasteiger partial charge in [0.25, 0.3) is 0 Å². The van der Waals surface area contributed by atoms with Gasteiger partial charge in [0.1, 0.15) is 11.4 Å². The Morgan fingerprint density at radius 2 is 2.19 bits per heavy atom. The summed E-state index contributed by atoms with van der Waals surface area (Å²) in [5.41, 5.74) is 0.221. The highest BCUT2D eigenvalue weighted by Crippen LogP contribution is 2.14. The normalized spacial score (nSPS) is 12.5. The van der Waals surface area contributed by atoms with Crippen molar-refractivity contribution in [3.63, 3.8) is 0 Å². The average molecular weight is 222 g/mol. The number of nitrogens with one attached hydrogen (secondary N) is 1. The zero-order chi connectivity index (χ0) is 12.1. The van der Waals surface area contributed by atoms with Crippen LogP contribution in [0, 0.1) is 11.8 Å². The van der Waals surface area contributed by atoms with E-state index in [9.17, 15) is 4.79 Å². The second-order valence-electron chi connectivity index (χ2n) is 4.31. The molecule has 0 amide bonds. The van der Waals surface area contributed by atoms with Gasteiger partial charge in [-0.3, -0.25) is 0 Å². The Kier molecular flexibility index (Phi) is 4.28. The molecule has 0 fully saturated rings. The van der Waals surface area contributed by atoms with Crippen LogP contribution in [0.3, 0.4) is 0 Å². The van der Waals surface area contributed by atoms with Crippen molar-refractivity contribution in [3.05, 3.63) is 23.9 Å². The molecule has 0 aromatic carbocycles. The molecule has 88 valence electrons. The Morgan fingerprint density at radius 3 is 2.75 bits per heavy atom. The molecule has 16 heavy (non-hydrogen) atoms. The lowest BCUT2D eigenvalue weighted by Gasteiger charge is -2.17. The Morgan fingerprint density at radius 1 is 1.50 bits per heavy atom. The molecule has 0 aliphatic carbocycles. The van der Waals surface area contributed by atoms with Crippen LogP contribution in [-0.4, -0.2) is 22.6 Å². The Bertz CT molecular complexity index is 364. The maximum absolute atomic E-state index is 10.9. The van der Waals surface area contributed by atoms with Crippen LogP contribution in [0.15, 0.2) is 18.3 Å². The van der Waals surface area contributed by atoms with Gasteiger partial charge in [-0.25, -0.2) is 9.78 Å². The smallest absolute Gasteiger partial charge is 0.339 e. The topological polar surface area (TPSA) is 62.2 Å². The molecule has 1 unspecified atom stereocenters. The minimum absolute atomic E-state index is 0.221. The van der Waals surface area contributed by atoms with Crippen LogP contribution in [-0.2, 0) is 0 Å². The highest BCUT2D eigenvalue weighted by molar-refractivity contribution is 5.92. The average Bonchev–Trinajstić information content (AvgIpc) is 2.25. The third kappa shape index (κ3) is 3.22. The van der Waals surface area contributed by atoms with E-state index in [1.165, 1.54) is 0 Å². The van der Waals surface area contributed by atoms with E-state index in [1.54, 1.807) is 18.3 Å². The standard InChI is InChI=1S/C12H18N2O2/c1-8(2)9(3)7-14-11-10(12(15)16)5-4-6-13-11/h4-6,8-9H,7H2,1-3H3,(H,13,14)(H,15,16). The van der Waals surface area contributed by atoms with Crippen molar-refractivity contribution in [2.75, 3.05) is 11.9 Å². The Balaban J connectivity index is 2.70. The van der Waals surface area contributed by atoms with E-state index < -0.39 is 5.97 Å². The minimum Gasteiger partial charge on any atom is -0.478 e. The molecule has 0 radical (unpaired) electrons. The summed E-state index contributed by atoms with van der Waals surface area (Å²) in [5.74, 6) is 0.531. The van der Waals surface area contributed by atoms with Crippen molar-refractivity contribution in [1.29, 1.82) is 0 Å². The van der Waals surface area contributed by atoms with Gasteiger partial charge in [0.2, 0.25) is 0 Å². The number of nitrogens with zero attached hydrogens (tertiary/aromatic N) is 1. The van der Waals surface area contributed by atoms with E-state index in [0.29, 0.717) is 17.7 Å². The maximum atomic E-state index is 10.9. The molecule has 0 aliphatic heterocycles. The predicted octanol–water partition coefficient (Wildman–Crippen LogP) is 2.48. The molecule has 1 aromatic heterocycles. The van der Waals surface area contributed by atoms with Crippen LogP contribution in [0.1, 0.15) is 31.1 Å². The first-order valence-electron chi connectivity index (χ1n) is 5.44. The summed E-state index contributed by atoms with van der Waals surface area (Å²) in [5, 5.41) is 12.0. The quantitative estimate of drug-likeness (QED) is 0.803. The van der Waals surface area contributed by atoms with Crippen molar-refractivity contribution in [2.45, 2.75) is 20.8 Å². The first-order valence-corrected chi connectivity index (χ1v) is 5.44. The van der Waals surface area contributed by atoms with E-state index in [-0.39, 0.29) is 5.56 Å². The molecule has 4 nitrogen and oxygen atoms in total.